The van der Waals surface area contributed by atoms with Crippen LogP contribution in [0.25, 0.3) is 22.5 Å². The molecule has 160 valence electrons. The molecular weight excluding hydrogens is 441 g/mol. The Hall–Kier alpha value is -2.89. The average Bonchev–Trinajstić information content (AvgIpc) is 3.05. The van der Waals surface area contributed by atoms with Crippen molar-refractivity contribution in [3.8, 4) is 22.5 Å². The highest BCUT2D eigenvalue weighted by atomic mass is 32.2. The van der Waals surface area contributed by atoms with Crippen LogP contribution in [-0.2, 0) is 16.0 Å². The van der Waals surface area contributed by atoms with E-state index in [1.54, 1.807) is 0 Å². The highest BCUT2D eigenvalue weighted by molar-refractivity contribution is 7.90. The fraction of sp³-hybridized carbons (Fsp3) is 0.167. The molecule has 0 spiro atoms. The Bertz CT molecular complexity index is 1180. The lowest BCUT2D eigenvalue weighted by Gasteiger charge is -2.09. The zero-order valence-electron chi connectivity index (χ0n) is 14.9. The Labute approximate surface area is 165 Å². The number of imidazole rings is 1. The van der Waals surface area contributed by atoms with Crippen LogP contribution >= 0.6 is 0 Å². The molecule has 1 aromatic heterocycles. The fourth-order valence-corrected chi connectivity index (χ4v) is 3.62. The molecule has 0 aliphatic rings. The van der Waals surface area contributed by atoms with E-state index in [9.17, 15) is 39.2 Å². The summed E-state index contributed by atoms with van der Waals surface area (Å²) in [7, 11) is -4.26. The Balaban J connectivity index is 2.19. The normalized spacial score (nSPS) is 12.6. The van der Waals surface area contributed by atoms with Gasteiger partial charge in [0.1, 0.15) is 16.5 Å². The summed E-state index contributed by atoms with van der Waals surface area (Å²) in [4.78, 5) is 4.62. The van der Waals surface area contributed by atoms with E-state index in [1.807, 2.05) is 0 Å². The van der Waals surface area contributed by atoms with Gasteiger partial charge in [-0.15, -0.1) is 0 Å². The van der Waals surface area contributed by atoms with Crippen molar-refractivity contribution in [2.75, 3.05) is 6.26 Å². The molecule has 3 aromatic rings. The van der Waals surface area contributed by atoms with Gasteiger partial charge in [0.05, 0.1) is 17.0 Å². The predicted molar refractivity (Wildman–Crippen MR) is 92.4 cm³/mol. The summed E-state index contributed by atoms with van der Waals surface area (Å²) in [6, 6.07) is 4.56. The van der Waals surface area contributed by atoms with Crippen molar-refractivity contribution in [3.05, 3.63) is 59.4 Å². The lowest BCUT2D eigenvalue weighted by Crippen LogP contribution is -2.05. The van der Waals surface area contributed by atoms with Crippen LogP contribution in [0.4, 0.5) is 30.7 Å². The Morgan fingerprint density at radius 1 is 0.967 bits per heavy atom. The number of benzene rings is 2. The molecule has 0 aliphatic heterocycles. The maximum atomic E-state index is 14.2. The zero-order chi connectivity index (χ0) is 22.4. The molecule has 0 saturated carbocycles. The van der Waals surface area contributed by atoms with Crippen LogP contribution in [-0.4, -0.2) is 24.6 Å². The Morgan fingerprint density at radius 3 is 1.93 bits per heavy atom. The van der Waals surface area contributed by atoms with Crippen LogP contribution in [0.15, 0.2) is 41.3 Å². The van der Waals surface area contributed by atoms with Crippen LogP contribution in [0.2, 0.25) is 0 Å². The SMILES string of the molecule is CS(=O)(=O)c1c(F)cc(-c2nc(C(F)F)[nH]c2-c2ccc(C(F)(F)F)cc2)cc1F. The number of hydrogen-bond acceptors (Lipinski definition) is 3. The summed E-state index contributed by atoms with van der Waals surface area (Å²) in [6.07, 6.45) is -7.15. The number of aromatic amines is 1. The zero-order valence-corrected chi connectivity index (χ0v) is 15.7. The number of rotatable bonds is 4. The monoisotopic (exact) mass is 452 g/mol. The van der Waals surface area contributed by atoms with Gasteiger partial charge in [-0.3, -0.25) is 0 Å². The third-order valence-electron chi connectivity index (χ3n) is 4.07. The molecule has 0 radical (unpaired) electrons. The van der Waals surface area contributed by atoms with Gasteiger partial charge in [0, 0.05) is 17.4 Å². The molecule has 0 unspecified atom stereocenters. The van der Waals surface area contributed by atoms with Gasteiger partial charge in [0.15, 0.2) is 15.7 Å². The van der Waals surface area contributed by atoms with Gasteiger partial charge in [0.25, 0.3) is 6.43 Å². The minimum absolute atomic E-state index is 0.00888. The summed E-state index contributed by atoms with van der Waals surface area (Å²) in [5.74, 6) is -3.81. The van der Waals surface area contributed by atoms with Gasteiger partial charge in [-0.25, -0.2) is 31.0 Å². The van der Waals surface area contributed by atoms with E-state index in [2.05, 4.69) is 9.97 Å². The number of halogens is 7. The summed E-state index contributed by atoms with van der Waals surface area (Å²) in [5.41, 5.74) is -1.98. The second kappa shape index (κ2) is 7.42. The standard InChI is InChI=1S/C18H11F7N2O2S/c1-30(28,29)15-11(19)6-9(7-12(15)20)14-13(26-17(27-14)16(21)22)8-2-4-10(5-3-8)18(23,24)25/h2-7,16H,1H3,(H,26,27). The van der Waals surface area contributed by atoms with E-state index in [0.29, 0.717) is 30.5 Å². The van der Waals surface area contributed by atoms with Gasteiger partial charge in [-0.05, 0) is 24.3 Å². The second-order valence-corrected chi connectivity index (χ2v) is 8.22. The van der Waals surface area contributed by atoms with Gasteiger partial charge in [-0.1, -0.05) is 12.1 Å². The van der Waals surface area contributed by atoms with Crippen LogP contribution in [0.1, 0.15) is 17.8 Å². The summed E-state index contributed by atoms with van der Waals surface area (Å²) < 4.78 is 116. The number of alkyl halides is 5. The van der Waals surface area contributed by atoms with E-state index in [1.165, 1.54) is 0 Å². The van der Waals surface area contributed by atoms with Gasteiger partial charge >= 0.3 is 6.18 Å². The highest BCUT2D eigenvalue weighted by Gasteiger charge is 2.30. The first-order chi connectivity index (χ1) is 13.8. The van der Waals surface area contributed by atoms with E-state index in [-0.39, 0.29) is 22.5 Å². The maximum absolute atomic E-state index is 14.2. The average molecular weight is 452 g/mol. The van der Waals surface area contributed by atoms with E-state index >= 15 is 0 Å². The number of hydrogen-bond donors (Lipinski definition) is 1. The molecule has 1 N–H and O–H groups in total. The first kappa shape index (κ1) is 21.8. The largest absolute Gasteiger partial charge is 0.416 e. The van der Waals surface area contributed by atoms with Gasteiger partial charge < -0.3 is 4.98 Å². The van der Waals surface area contributed by atoms with Crippen molar-refractivity contribution in [3.63, 3.8) is 0 Å². The summed E-state index contributed by atoms with van der Waals surface area (Å²) >= 11 is 0. The maximum Gasteiger partial charge on any atom is 0.416 e. The van der Waals surface area contributed by atoms with Crippen molar-refractivity contribution >= 4 is 9.84 Å². The number of aromatic nitrogens is 2. The van der Waals surface area contributed by atoms with Crippen LogP contribution in [0.5, 0.6) is 0 Å². The van der Waals surface area contributed by atoms with E-state index < -0.39 is 50.4 Å². The summed E-state index contributed by atoms with van der Waals surface area (Å²) in [5, 5.41) is 0. The van der Waals surface area contributed by atoms with E-state index in [4.69, 9.17) is 0 Å². The molecule has 3 rings (SSSR count). The molecule has 30 heavy (non-hydrogen) atoms. The molecule has 12 heteroatoms. The molecule has 0 amide bonds. The molecule has 0 saturated heterocycles. The molecule has 1 heterocycles. The summed E-state index contributed by atoms with van der Waals surface area (Å²) in [6.45, 7) is 0. The van der Waals surface area contributed by atoms with Crippen molar-refractivity contribution in [2.24, 2.45) is 0 Å². The quantitative estimate of drug-likeness (QED) is 0.541. The first-order valence-electron chi connectivity index (χ1n) is 8.04. The first-order valence-corrected chi connectivity index (χ1v) is 9.93. The van der Waals surface area contributed by atoms with Crippen molar-refractivity contribution in [1.82, 2.24) is 9.97 Å². The van der Waals surface area contributed by atoms with Crippen LogP contribution in [0, 0.1) is 11.6 Å². The minimum atomic E-state index is -4.63. The lowest BCUT2D eigenvalue weighted by atomic mass is 10.0. The molecule has 0 bridgehead atoms. The third kappa shape index (κ3) is 4.18. The Morgan fingerprint density at radius 2 is 1.50 bits per heavy atom. The smallest absolute Gasteiger partial charge is 0.337 e. The second-order valence-electron chi connectivity index (χ2n) is 6.26. The number of nitrogens with zero attached hydrogens (tertiary/aromatic N) is 1. The molecule has 2 aromatic carbocycles. The predicted octanol–water partition coefficient (Wildman–Crippen LogP) is 5.38. The molecular formula is C18H11F7N2O2S. The van der Waals surface area contributed by atoms with Gasteiger partial charge in [0.2, 0.25) is 0 Å². The lowest BCUT2D eigenvalue weighted by molar-refractivity contribution is -0.137. The molecule has 0 fully saturated rings. The van der Waals surface area contributed by atoms with Crippen LogP contribution in [0.3, 0.4) is 0 Å². The number of sulfone groups is 1. The van der Waals surface area contributed by atoms with Crippen molar-refractivity contribution < 1.29 is 39.2 Å². The molecule has 0 aliphatic carbocycles. The number of H-pyrrole nitrogens is 1. The molecule has 0 atom stereocenters. The highest BCUT2D eigenvalue weighted by Crippen LogP contribution is 2.36. The van der Waals surface area contributed by atoms with E-state index in [0.717, 1.165) is 12.1 Å². The molecule has 4 nitrogen and oxygen atoms in total. The van der Waals surface area contributed by atoms with Crippen molar-refractivity contribution in [1.29, 1.82) is 0 Å². The van der Waals surface area contributed by atoms with Crippen molar-refractivity contribution in [2.45, 2.75) is 17.5 Å². The fourth-order valence-electron chi connectivity index (χ4n) is 2.79. The minimum Gasteiger partial charge on any atom is -0.337 e. The topological polar surface area (TPSA) is 62.8 Å². The Kier molecular flexibility index (Phi) is 5.39. The number of nitrogens with one attached hydrogen (secondary N) is 1. The third-order valence-corrected chi connectivity index (χ3v) is 5.20. The van der Waals surface area contributed by atoms with Crippen LogP contribution < -0.4 is 0 Å². The van der Waals surface area contributed by atoms with Gasteiger partial charge in [-0.2, -0.15) is 13.2 Å².